The summed E-state index contributed by atoms with van der Waals surface area (Å²) in [5.41, 5.74) is 0. The number of rotatable bonds is 2. The Hall–Kier alpha value is -1.10. The van der Waals surface area contributed by atoms with Gasteiger partial charge in [0.1, 0.15) is 0 Å². The summed E-state index contributed by atoms with van der Waals surface area (Å²) in [5.74, 6) is 0.865. The first-order valence-electron chi connectivity index (χ1n) is 4.97. The van der Waals surface area contributed by atoms with E-state index in [-0.39, 0.29) is 0 Å². The van der Waals surface area contributed by atoms with E-state index >= 15 is 0 Å². The largest absolute Gasteiger partial charge is 0.438 e. The molecule has 5 heteroatoms. The fourth-order valence-corrected chi connectivity index (χ4v) is 1.89. The molecule has 78 valence electrons. The van der Waals surface area contributed by atoms with Crippen LogP contribution in [0.1, 0.15) is 18.7 Å². The van der Waals surface area contributed by atoms with Crippen LogP contribution in [0.15, 0.2) is 9.32 Å². The van der Waals surface area contributed by atoms with Crippen LogP contribution in [-0.2, 0) is 6.42 Å². The molecule has 5 nitrogen and oxygen atoms in total. The van der Waals surface area contributed by atoms with Crippen molar-refractivity contribution in [2.24, 2.45) is 5.92 Å². The Morgan fingerprint density at radius 2 is 2.29 bits per heavy atom. The number of hydrogen-bond donors (Lipinski definition) is 1. The lowest BCUT2D eigenvalue weighted by Crippen LogP contribution is -2.31. The van der Waals surface area contributed by atoms with Gasteiger partial charge in [0, 0.05) is 6.42 Å². The lowest BCUT2D eigenvalue weighted by atomic mass is 9.94. The predicted molar refractivity (Wildman–Crippen MR) is 51.0 cm³/mol. The lowest BCUT2D eigenvalue weighted by molar-refractivity contribution is 0.216. The Labute approximate surface area is 82.1 Å². The summed E-state index contributed by atoms with van der Waals surface area (Å²) in [6.07, 6.45) is 3.18. The van der Waals surface area contributed by atoms with Crippen molar-refractivity contribution in [3.8, 4) is 0 Å². The summed E-state index contributed by atoms with van der Waals surface area (Å²) in [5, 5.41) is 3.67. The quantitative estimate of drug-likeness (QED) is 0.738. The van der Waals surface area contributed by atoms with Gasteiger partial charge in [0.05, 0.1) is 0 Å². The Balaban J connectivity index is 1.89. The molecule has 1 aromatic heterocycles. The number of nitrogens with zero attached hydrogens (tertiary/aromatic N) is 2. The van der Waals surface area contributed by atoms with E-state index in [4.69, 9.17) is 0 Å². The van der Waals surface area contributed by atoms with Crippen molar-refractivity contribution >= 4 is 0 Å². The van der Waals surface area contributed by atoms with E-state index in [0.29, 0.717) is 11.7 Å². The first-order valence-corrected chi connectivity index (χ1v) is 4.97. The van der Waals surface area contributed by atoms with Gasteiger partial charge in [-0.15, -0.1) is 0 Å². The Bertz CT molecular complexity index is 336. The number of H-pyrrole nitrogens is 1. The molecule has 1 aliphatic heterocycles. The summed E-state index contributed by atoms with van der Waals surface area (Å²) in [6.45, 7) is 2.26. The zero-order chi connectivity index (χ0) is 9.97. The molecule has 0 atom stereocenters. The van der Waals surface area contributed by atoms with Crippen molar-refractivity contribution in [1.82, 2.24) is 15.0 Å². The maximum absolute atomic E-state index is 10.7. The SMILES string of the molecule is CN1CCC(Cc2noc(=O)[nH]2)CC1. The van der Waals surface area contributed by atoms with E-state index < -0.39 is 5.76 Å². The van der Waals surface area contributed by atoms with Crippen LogP contribution in [0.4, 0.5) is 0 Å². The molecule has 0 saturated carbocycles. The van der Waals surface area contributed by atoms with E-state index in [0.717, 1.165) is 19.5 Å². The molecule has 1 N–H and O–H groups in total. The topological polar surface area (TPSA) is 62.1 Å². The van der Waals surface area contributed by atoms with Crippen LogP contribution in [0, 0.1) is 5.92 Å². The summed E-state index contributed by atoms with van der Waals surface area (Å²) >= 11 is 0. The summed E-state index contributed by atoms with van der Waals surface area (Å²) in [6, 6.07) is 0. The molecular weight excluding hydrogens is 182 g/mol. The molecule has 1 fully saturated rings. The highest BCUT2D eigenvalue weighted by Gasteiger charge is 2.18. The minimum atomic E-state index is -0.451. The summed E-state index contributed by atoms with van der Waals surface area (Å²) in [7, 11) is 2.13. The Morgan fingerprint density at radius 1 is 1.57 bits per heavy atom. The summed E-state index contributed by atoms with van der Waals surface area (Å²) < 4.78 is 4.46. The fraction of sp³-hybridized carbons (Fsp3) is 0.778. The van der Waals surface area contributed by atoms with E-state index in [9.17, 15) is 4.79 Å². The monoisotopic (exact) mass is 197 g/mol. The van der Waals surface area contributed by atoms with Gasteiger partial charge in [-0.1, -0.05) is 5.16 Å². The Kier molecular flexibility index (Phi) is 2.67. The van der Waals surface area contributed by atoms with Gasteiger partial charge in [0.25, 0.3) is 0 Å². The van der Waals surface area contributed by atoms with Crippen LogP contribution >= 0.6 is 0 Å². The average molecular weight is 197 g/mol. The molecule has 0 aliphatic carbocycles. The summed E-state index contributed by atoms with van der Waals surface area (Å²) in [4.78, 5) is 15.6. The highest BCUT2D eigenvalue weighted by molar-refractivity contribution is 4.84. The fourth-order valence-electron chi connectivity index (χ4n) is 1.89. The maximum Gasteiger partial charge on any atom is 0.438 e. The molecule has 14 heavy (non-hydrogen) atoms. The number of nitrogens with one attached hydrogen (secondary N) is 1. The second-order valence-corrected chi connectivity index (χ2v) is 3.99. The number of piperidine rings is 1. The van der Waals surface area contributed by atoms with Gasteiger partial charge in [-0.2, -0.15) is 0 Å². The number of aromatic amines is 1. The van der Waals surface area contributed by atoms with Gasteiger partial charge in [0.15, 0.2) is 5.82 Å². The number of aromatic nitrogens is 2. The molecule has 0 amide bonds. The molecule has 2 rings (SSSR count). The van der Waals surface area contributed by atoms with Crippen LogP contribution in [0.25, 0.3) is 0 Å². The Morgan fingerprint density at radius 3 is 2.86 bits per heavy atom. The highest BCUT2D eigenvalue weighted by atomic mass is 16.5. The van der Waals surface area contributed by atoms with Crippen LogP contribution in [0.5, 0.6) is 0 Å². The van der Waals surface area contributed by atoms with Crippen molar-refractivity contribution in [2.45, 2.75) is 19.3 Å². The van der Waals surface area contributed by atoms with Crippen LogP contribution < -0.4 is 5.76 Å². The second kappa shape index (κ2) is 3.96. The van der Waals surface area contributed by atoms with E-state index in [1.807, 2.05) is 0 Å². The van der Waals surface area contributed by atoms with Gasteiger partial charge < -0.3 is 4.90 Å². The smallest absolute Gasteiger partial charge is 0.306 e. The van der Waals surface area contributed by atoms with Crippen LogP contribution in [-0.4, -0.2) is 35.2 Å². The van der Waals surface area contributed by atoms with Crippen LogP contribution in [0.2, 0.25) is 0 Å². The minimum Gasteiger partial charge on any atom is -0.306 e. The number of hydrogen-bond acceptors (Lipinski definition) is 4. The molecule has 1 aliphatic rings. The molecule has 0 spiro atoms. The van der Waals surface area contributed by atoms with Crippen molar-refractivity contribution in [3.05, 3.63) is 16.4 Å². The molecule has 0 aromatic carbocycles. The molecule has 0 radical (unpaired) electrons. The zero-order valence-electron chi connectivity index (χ0n) is 8.32. The van der Waals surface area contributed by atoms with Gasteiger partial charge in [-0.3, -0.25) is 9.51 Å². The second-order valence-electron chi connectivity index (χ2n) is 3.99. The van der Waals surface area contributed by atoms with Crippen molar-refractivity contribution in [3.63, 3.8) is 0 Å². The molecule has 0 bridgehead atoms. The van der Waals surface area contributed by atoms with Crippen LogP contribution in [0.3, 0.4) is 0 Å². The van der Waals surface area contributed by atoms with Gasteiger partial charge in [-0.05, 0) is 38.9 Å². The highest BCUT2D eigenvalue weighted by Crippen LogP contribution is 2.18. The number of likely N-dealkylation sites (tertiary alicyclic amines) is 1. The van der Waals surface area contributed by atoms with E-state index in [2.05, 4.69) is 26.6 Å². The minimum absolute atomic E-state index is 0.451. The normalized spacial score (nSPS) is 20.1. The van der Waals surface area contributed by atoms with Gasteiger partial charge in [0.2, 0.25) is 0 Å². The molecule has 1 saturated heterocycles. The standard InChI is InChI=1S/C9H15N3O2/c1-12-4-2-7(3-5-12)6-8-10-9(13)14-11-8/h7H,2-6H2,1H3,(H,10,11,13). The molecule has 2 heterocycles. The first kappa shape index (κ1) is 9.45. The van der Waals surface area contributed by atoms with Gasteiger partial charge >= 0.3 is 5.76 Å². The third kappa shape index (κ3) is 2.23. The van der Waals surface area contributed by atoms with E-state index in [1.54, 1.807) is 0 Å². The van der Waals surface area contributed by atoms with Crippen molar-refractivity contribution < 1.29 is 4.52 Å². The van der Waals surface area contributed by atoms with Gasteiger partial charge in [-0.25, -0.2) is 4.79 Å². The molecule has 0 unspecified atom stereocenters. The molecular formula is C9H15N3O2. The third-order valence-electron chi connectivity index (χ3n) is 2.81. The molecule has 1 aromatic rings. The zero-order valence-corrected chi connectivity index (χ0v) is 8.32. The predicted octanol–water partition coefficient (Wildman–Crippen LogP) is 0.247. The third-order valence-corrected chi connectivity index (χ3v) is 2.81. The first-order chi connectivity index (χ1) is 6.74. The van der Waals surface area contributed by atoms with Crippen molar-refractivity contribution in [2.75, 3.05) is 20.1 Å². The average Bonchev–Trinajstić information content (AvgIpc) is 2.56. The van der Waals surface area contributed by atoms with E-state index in [1.165, 1.54) is 12.8 Å². The van der Waals surface area contributed by atoms with Crippen molar-refractivity contribution in [1.29, 1.82) is 0 Å². The maximum atomic E-state index is 10.7. The lowest BCUT2D eigenvalue weighted by Gasteiger charge is -2.28.